The van der Waals surface area contributed by atoms with Crippen LogP contribution in [0.3, 0.4) is 0 Å². The normalized spacial score (nSPS) is 10.7. The van der Waals surface area contributed by atoms with Crippen LogP contribution in [0.25, 0.3) is 10.7 Å². The van der Waals surface area contributed by atoms with Crippen molar-refractivity contribution in [2.45, 2.75) is 86.5 Å². The van der Waals surface area contributed by atoms with E-state index in [4.69, 9.17) is 14.5 Å². The van der Waals surface area contributed by atoms with E-state index in [0.29, 0.717) is 26.9 Å². The number of esters is 2. The maximum atomic E-state index is 11.4. The van der Waals surface area contributed by atoms with Gasteiger partial charge in [0.1, 0.15) is 14.8 Å². The van der Waals surface area contributed by atoms with Crippen LogP contribution in [-0.2, 0) is 9.47 Å². The molecule has 4 rings (SSSR count). The second kappa shape index (κ2) is 23.2. The van der Waals surface area contributed by atoms with Gasteiger partial charge < -0.3 is 9.47 Å². The molecule has 0 unspecified atom stereocenters. The number of hydrogen-bond acceptors (Lipinski definition) is 10. The molecule has 0 amide bonds. The molecule has 0 aliphatic carbocycles. The van der Waals surface area contributed by atoms with Crippen molar-refractivity contribution in [3.63, 3.8) is 0 Å². The number of halogens is 1. The summed E-state index contributed by atoms with van der Waals surface area (Å²) >= 11 is 3.50. The molecule has 0 spiro atoms. The van der Waals surface area contributed by atoms with Gasteiger partial charge in [-0.1, -0.05) is 6.07 Å². The van der Waals surface area contributed by atoms with E-state index in [1.54, 1.807) is 23.8 Å². The average Bonchev–Trinajstić information content (AvgIpc) is 3.76. The Bertz CT molecular complexity index is 1380. The van der Waals surface area contributed by atoms with E-state index in [-0.39, 0.29) is 11.9 Å². The zero-order chi connectivity index (χ0) is 33.6. The second-order valence-corrected chi connectivity index (χ2v) is 26.9. The van der Waals surface area contributed by atoms with Crippen molar-refractivity contribution < 1.29 is 19.1 Å². The first-order chi connectivity index (χ1) is 22.3. The quantitative estimate of drug-likeness (QED) is 0.0862. The molecular weight excluding hydrogens is 791 g/mol. The largest absolute Gasteiger partial charge is 0.462 e. The fraction of sp³-hybridized carbons (Fsp3) is 0.471. The number of carbonyl (C=O) groups excluding carboxylic acids is 2. The molecule has 8 nitrogen and oxygen atoms in total. The molecule has 0 saturated carbocycles. The van der Waals surface area contributed by atoms with E-state index >= 15 is 0 Å². The van der Waals surface area contributed by atoms with Crippen LogP contribution in [0.4, 0.5) is 0 Å². The van der Waals surface area contributed by atoms with Gasteiger partial charge in [0.25, 0.3) is 0 Å². The number of pyridine rings is 2. The summed E-state index contributed by atoms with van der Waals surface area (Å²) in [6, 6.07) is 12.2. The Morgan fingerprint density at radius 2 is 1.22 bits per heavy atom. The summed E-state index contributed by atoms with van der Waals surface area (Å²) < 4.78 is 16.4. The minimum Gasteiger partial charge on any atom is -0.462 e. The van der Waals surface area contributed by atoms with Gasteiger partial charge in [-0.2, -0.15) is 0 Å². The van der Waals surface area contributed by atoms with Crippen LogP contribution < -0.4 is 3.71 Å². The molecule has 0 aliphatic heterocycles. The van der Waals surface area contributed by atoms with E-state index in [9.17, 15) is 9.59 Å². The standard InChI is InChI=1S/C11H10N2O2S.C6H6BrNO2S.C5H4N.3C4H9.Sn/c1-2-15-11(14)9-7-13-10(16-9)8-5-3-4-6-12-8;1-2-10-5(9)4-3-8-6(7)11-4;1-2-4-6-5-3-1;3*1-3-4-2;/h3-7H,2H2,1H3;3H,2H2,1H3;1-4H;3*1,3-4H2,2H3;. The number of nitrogens with zero attached hydrogens (tertiary/aromatic N) is 4. The molecule has 0 fully saturated rings. The molecule has 0 saturated heterocycles. The van der Waals surface area contributed by atoms with E-state index in [2.05, 4.69) is 69.9 Å². The maximum absolute atomic E-state index is 11.4. The van der Waals surface area contributed by atoms with Gasteiger partial charge in [0.2, 0.25) is 0 Å². The summed E-state index contributed by atoms with van der Waals surface area (Å²) in [4.78, 5) is 40.4. The number of hydrogen-bond donors (Lipinski definition) is 0. The van der Waals surface area contributed by atoms with Crippen LogP contribution in [0, 0.1) is 0 Å². The zero-order valence-corrected chi connectivity index (χ0v) is 33.7. The third-order valence-electron chi connectivity index (χ3n) is 7.06. The number of ether oxygens (including phenoxy) is 2. The van der Waals surface area contributed by atoms with Crippen molar-refractivity contribution in [3.8, 4) is 10.7 Å². The third kappa shape index (κ3) is 13.9. The summed E-state index contributed by atoms with van der Waals surface area (Å²) in [6.07, 6.45) is 15.0. The van der Waals surface area contributed by atoms with Crippen molar-refractivity contribution in [3.05, 3.63) is 74.9 Å². The molecular formula is C34H47BrN4O4S2Sn. The Labute approximate surface area is 294 Å². The van der Waals surface area contributed by atoms with Gasteiger partial charge in [-0.3, -0.25) is 4.98 Å². The van der Waals surface area contributed by atoms with Crippen molar-refractivity contribution in [2.75, 3.05) is 13.2 Å². The van der Waals surface area contributed by atoms with E-state index in [1.807, 2.05) is 24.4 Å². The van der Waals surface area contributed by atoms with Crippen LogP contribution in [-0.4, -0.2) is 63.5 Å². The summed E-state index contributed by atoms with van der Waals surface area (Å²) in [6.45, 7) is 11.3. The van der Waals surface area contributed by atoms with Crippen molar-refractivity contribution in [1.29, 1.82) is 0 Å². The minimum atomic E-state index is -2.21. The molecule has 0 N–H and O–H groups in total. The van der Waals surface area contributed by atoms with Crippen molar-refractivity contribution >= 4 is 72.6 Å². The molecule has 4 heterocycles. The van der Waals surface area contributed by atoms with Crippen LogP contribution in [0.15, 0.2) is 65.1 Å². The molecule has 12 heteroatoms. The SMILES string of the molecule is CCC[CH2][Sn]([CH2]CCC)([CH2]CCC)[c]1ccccn1.CCOC(=O)c1cnc(-c2ccccn2)s1.CCOC(=O)c1cnc(Br)s1. The Morgan fingerprint density at radius 1 is 0.696 bits per heavy atom. The molecule has 250 valence electrons. The average molecular weight is 839 g/mol. The van der Waals surface area contributed by atoms with Crippen molar-refractivity contribution in [2.24, 2.45) is 0 Å². The van der Waals surface area contributed by atoms with Crippen LogP contribution in [0.1, 0.15) is 92.5 Å². The number of aromatic nitrogens is 4. The predicted octanol–water partition coefficient (Wildman–Crippen LogP) is 9.60. The van der Waals surface area contributed by atoms with Gasteiger partial charge >= 0.3 is 136 Å². The Balaban J connectivity index is 0.000000248. The number of thiazole rings is 2. The van der Waals surface area contributed by atoms with E-state index in [1.165, 1.54) is 86.9 Å². The number of unbranched alkanes of at least 4 members (excludes halogenated alkanes) is 3. The van der Waals surface area contributed by atoms with Gasteiger partial charge in [-0.25, -0.2) is 19.6 Å². The molecule has 46 heavy (non-hydrogen) atoms. The van der Waals surface area contributed by atoms with E-state index in [0.717, 1.165) is 10.7 Å². The minimum absolute atomic E-state index is 0.310. The Hall–Kier alpha value is -2.22. The van der Waals surface area contributed by atoms with Gasteiger partial charge in [0.15, 0.2) is 3.92 Å². The Morgan fingerprint density at radius 3 is 1.65 bits per heavy atom. The summed E-state index contributed by atoms with van der Waals surface area (Å²) in [5.41, 5.74) is 0.767. The summed E-state index contributed by atoms with van der Waals surface area (Å²) in [7, 11) is 0. The molecule has 4 aromatic heterocycles. The molecule has 0 bridgehead atoms. The number of carbonyl (C=O) groups is 2. The van der Waals surface area contributed by atoms with Gasteiger partial charge in [0.05, 0.1) is 31.3 Å². The molecule has 0 aliphatic rings. The van der Waals surface area contributed by atoms with Crippen LogP contribution in [0.5, 0.6) is 0 Å². The van der Waals surface area contributed by atoms with Gasteiger partial charge in [-0.05, 0) is 41.9 Å². The molecule has 0 radical (unpaired) electrons. The van der Waals surface area contributed by atoms with E-state index < -0.39 is 18.4 Å². The van der Waals surface area contributed by atoms with Crippen molar-refractivity contribution in [1.82, 2.24) is 19.9 Å². The zero-order valence-electron chi connectivity index (χ0n) is 27.7. The fourth-order valence-electron chi connectivity index (χ4n) is 4.71. The third-order valence-corrected chi connectivity index (χ3v) is 24.7. The second-order valence-electron chi connectivity index (χ2n) is 10.5. The van der Waals surface area contributed by atoms with Crippen LogP contribution >= 0.6 is 38.6 Å². The fourth-order valence-corrected chi connectivity index (χ4v) is 22.1. The van der Waals surface area contributed by atoms with Gasteiger partial charge in [-0.15, -0.1) is 22.7 Å². The molecule has 4 aromatic rings. The predicted molar refractivity (Wildman–Crippen MR) is 196 cm³/mol. The Kier molecular flexibility index (Phi) is 20.1. The number of rotatable bonds is 15. The first-order valence-electron chi connectivity index (χ1n) is 16.1. The maximum Gasteiger partial charge on any atom is 0.349 e. The van der Waals surface area contributed by atoms with Crippen LogP contribution in [0.2, 0.25) is 13.3 Å². The van der Waals surface area contributed by atoms with Gasteiger partial charge in [0, 0.05) is 6.20 Å². The molecule has 0 aromatic carbocycles. The summed E-state index contributed by atoms with van der Waals surface area (Å²) in [5, 5.41) is 0.726. The molecule has 0 atom stereocenters. The smallest absolute Gasteiger partial charge is 0.349 e. The summed E-state index contributed by atoms with van der Waals surface area (Å²) in [5.74, 6) is -0.641. The first-order valence-corrected chi connectivity index (χ1v) is 26.0. The first kappa shape index (κ1) is 40.0. The topological polar surface area (TPSA) is 104 Å². The monoisotopic (exact) mass is 838 g/mol.